The Bertz CT molecular complexity index is 156. The summed E-state index contributed by atoms with van der Waals surface area (Å²) in [5.74, 6) is 1.25. The molecule has 12 heavy (non-hydrogen) atoms. The monoisotopic (exact) mass is 296 g/mol. The summed E-state index contributed by atoms with van der Waals surface area (Å²) in [6.45, 7) is 0.367. The van der Waals surface area contributed by atoms with Crippen molar-refractivity contribution in [1.82, 2.24) is 0 Å². The Morgan fingerprint density at radius 3 is 2.25 bits per heavy atom. The van der Waals surface area contributed by atoms with E-state index in [1.807, 2.05) is 0 Å². The number of allylic oxidation sites excluding steroid dienone is 1. The third-order valence-corrected chi connectivity index (χ3v) is 3.04. The molecule has 1 nitrogen and oxygen atoms in total. The third-order valence-electron chi connectivity index (χ3n) is 2.51. The van der Waals surface area contributed by atoms with Gasteiger partial charge < -0.3 is 5.11 Å². The Kier molecular flexibility index (Phi) is 4.84. The normalized spacial score (nSPS) is 29.9. The molecule has 0 spiro atoms. The van der Waals surface area contributed by atoms with Crippen LogP contribution in [0.1, 0.15) is 25.7 Å². The molecule has 0 unspecified atom stereocenters. The molecule has 0 bridgehead atoms. The molecule has 0 saturated heterocycles. The molecule has 0 atom stereocenters. The average molecular weight is 298 g/mol. The van der Waals surface area contributed by atoms with E-state index in [4.69, 9.17) is 5.11 Å². The smallest absolute Gasteiger partial charge is 0.0567 e. The van der Waals surface area contributed by atoms with Crippen molar-refractivity contribution in [3.63, 3.8) is 0 Å². The highest BCUT2D eigenvalue weighted by molar-refractivity contribution is 9.28. The summed E-state index contributed by atoms with van der Waals surface area (Å²) < 4.78 is 1.06. The molecule has 1 saturated carbocycles. The fourth-order valence-corrected chi connectivity index (χ4v) is 2.46. The van der Waals surface area contributed by atoms with E-state index in [1.54, 1.807) is 0 Å². The van der Waals surface area contributed by atoms with Crippen LogP contribution in [0, 0.1) is 11.8 Å². The van der Waals surface area contributed by atoms with Gasteiger partial charge in [0, 0.05) is 6.61 Å². The molecule has 70 valence electrons. The summed E-state index contributed by atoms with van der Waals surface area (Å²) in [5.41, 5.74) is 0. The largest absolute Gasteiger partial charge is 0.396 e. The molecule has 1 aliphatic carbocycles. The summed E-state index contributed by atoms with van der Waals surface area (Å²) in [4.78, 5) is 0. The van der Waals surface area contributed by atoms with Gasteiger partial charge in [0.25, 0.3) is 0 Å². The molecule has 0 radical (unpaired) electrons. The van der Waals surface area contributed by atoms with Gasteiger partial charge in [0.1, 0.15) is 0 Å². The second-order valence-corrected chi connectivity index (χ2v) is 6.19. The van der Waals surface area contributed by atoms with E-state index >= 15 is 0 Å². The SMILES string of the molecule is OCC1CCC(C=C(Br)Br)CC1. The predicted molar refractivity (Wildman–Crippen MR) is 58.5 cm³/mol. The van der Waals surface area contributed by atoms with Gasteiger partial charge in [0.15, 0.2) is 0 Å². The Balaban J connectivity index is 2.31. The van der Waals surface area contributed by atoms with Gasteiger partial charge in [-0.3, -0.25) is 0 Å². The molecule has 0 amide bonds. The molecular formula is C9H14Br2O. The second-order valence-electron chi connectivity index (χ2n) is 3.42. The lowest BCUT2D eigenvalue weighted by molar-refractivity contribution is 0.178. The minimum Gasteiger partial charge on any atom is -0.396 e. The first-order valence-electron chi connectivity index (χ1n) is 4.36. The minimum atomic E-state index is 0.367. The van der Waals surface area contributed by atoms with E-state index < -0.39 is 0 Å². The van der Waals surface area contributed by atoms with Gasteiger partial charge in [-0.1, -0.05) is 6.08 Å². The Morgan fingerprint density at radius 2 is 1.83 bits per heavy atom. The first-order chi connectivity index (χ1) is 5.72. The van der Waals surface area contributed by atoms with E-state index in [0.717, 1.165) is 3.39 Å². The van der Waals surface area contributed by atoms with Crippen molar-refractivity contribution < 1.29 is 5.11 Å². The van der Waals surface area contributed by atoms with Gasteiger partial charge in [0.2, 0.25) is 0 Å². The lowest BCUT2D eigenvalue weighted by Gasteiger charge is -2.25. The molecule has 0 aromatic rings. The van der Waals surface area contributed by atoms with Gasteiger partial charge in [-0.15, -0.1) is 0 Å². The standard InChI is InChI=1S/C9H14Br2O/c10-9(11)5-7-1-3-8(6-12)4-2-7/h5,7-8,12H,1-4,6H2. The predicted octanol–water partition coefficient (Wildman–Crippen LogP) is 3.42. The molecule has 0 aliphatic heterocycles. The van der Waals surface area contributed by atoms with Crippen molar-refractivity contribution in [3.05, 3.63) is 9.47 Å². The lowest BCUT2D eigenvalue weighted by Crippen LogP contribution is -2.15. The van der Waals surface area contributed by atoms with Crippen molar-refractivity contribution in [2.45, 2.75) is 25.7 Å². The molecule has 1 aliphatic rings. The maximum atomic E-state index is 8.93. The van der Waals surface area contributed by atoms with Gasteiger partial charge in [-0.25, -0.2) is 0 Å². The average Bonchev–Trinajstić information content (AvgIpc) is 2.05. The van der Waals surface area contributed by atoms with Gasteiger partial charge >= 0.3 is 0 Å². The number of hydrogen-bond donors (Lipinski definition) is 1. The molecule has 1 N–H and O–H groups in total. The number of rotatable bonds is 2. The molecule has 0 heterocycles. The van der Waals surface area contributed by atoms with Crippen LogP contribution >= 0.6 is 31.9 Å². The molecule has 1 fully saturated rings. The lowest BCUT2D eigenvalue weighted by atomic mass is 9.82. The zero-order chi connectivity index (χ0) is 8.97. The minimum absolute atomic E-state index is 0.367. The fraction of sp³-hybridized carbons (Fsp3) is 0.778. The highest BCUT2D eigenvalue weighted by atomic mass is 79.9. The first kappa shape index (κ1) is 10.7. The van der Waals surface area contributed by atoms with Crippen LogP contribution in [0.3, 0.4) is 0 Å². The summed E-state index contributed by atoms with van der Waals surface area (Å²) in [5, 5.41) is 8.93. The number of aliphatic hydroxyl groups is 1. The van der Waals surface area contributed by atoms with Crippen molar-refractivity contribution in [1.29, 1.82) is 0 Å². The van der Waals surface area contributed by atoms with E-state index in [9.17, 15) is 0 Å². The summed E-state index contributed by atoms with van der Waals surface area (Å²) >= 11 is 6.74. The van der Waals surface area contributed by atoms with E-state index in [2.05, 4.69) is 37.9 Å². The Hall–Kier alpha value is 0.660. The van der Waals surface area contributed by atoms with E-state index in [0.29, 0.717) is 18.4 Å². The third kappa shape index (κ3) is 3.58. The molecule has 0 aromatic carbocycles. The zero-order valence-corrected chi connectivity index (χ0v) is 10.1. The van der Waals surface area contributed by atoms with Crippen molar-refractivity contribution in [2.24, 2.45) is 11.8 Å². The van der Waals surface area contributed by atoms with Crippen LogP contribution in [0.4, 0.5) is 0 Å². The maximum Gasteiger partial charge on any atom is 0.0567 e. The van der Waals surface area contributed by atoms with Crippen LogP contribution in [0.5, 0.6) is 0 Å². The zero-order valence-electron chi connectivity index (χ0n) is 6.97. The Labute approximate surface area is 90.5 Å². The number of hydrogen-bond acceptors (Lipinski definition) is 1. The summed E-state index contributed by atoms with van der Waals surface area (Å²) in [6, 6.07) is 0. The van der Waals surface area contributed by atoms with Crippen LogP contribution in [0.25, 0.3) is 0 Å². The van der Waals surface area contributed by atoms with Crippen LogP contribution < -0.4 is 0 Å². The van der Waals surface area contributed by atoms with Gasteiger partial charge in [-0.05, 0) is 69.4 Å². The van der Waals surface area contributed by atoms with Gasteiger partial charge in [-0.2, -0.15) is 0 Å². The van der Waals surface area contributed by atoms with E-state index in [-0.39, 0.29) is 0 Å². The quantitative estimate of drug-likeness (QED) is 0.828. The fourth-order valence-electron chi connectivity index (χ4n) is 1.72. The first-order valence-corrected chi connectivity index (χ1v) is 5.94. The Morgan fingerprint density at radius 1 is 1.25 bits per heavy atom. The van der Waals surface area contributed by atoms with Crippen LogP contribution in [-0.4, -0.2) is 11.7 Å². The molecular weight excluding hydrogens is 284 g/mol. The van der Waals surface area contributed by atoms with Crippen LogP contribution in [-0.2, 0) is 0 Å². The highest BCUT2D eigenvalue weighted by Crippen LogP contribution is 2.31. The van der Waals surface area contributed by atoms with Crippen LogP contribution in [0.15, 0.2) is 9.47 Å². The van der Waals surface area contributed by atoms with E-state index in [1.165, 1.54) is 25.7 Å². The summed E-state index contributed by atoms with van der Waals surface area (Å²) in [7, 11) is 0. The second kappa shape index (κ2) is 5.40. The highest BCUT2D eigenvalue weighted by Gasteiger charge is 2.18. The van der Waals surface area contributed by atoms with Crippen LogP contribution in [0.2, 0.25) is 0 Å². The van der Waals surface area contributed by atoms with Crippen molar-refractivity contribution in [2.75, 3.05) is 6.61 Å². The summed E-state index contributed by atoms with van der Waals surface area (Å²) in [6.07, 6.45) is 6.99. The van der Waals surface area contributed by atoms with Crippen molar-refractivity contribution in [3.8, 4) is 0 Å². The topological polar surface area (TPSA) is 20.2 Å². The van der Waals surface area contributed by atoms with Gasteiger partial charge in [0.05, 0.1) is 3.39 Å². The molecule has 0 aromatic heterocycles. The number of aliphatic hydroxyl groups excluding tert-OH is 1. The number of halogens is 2. The molecule has 3 heteroatoms. The maximum absolute atomic E-state index is 8.93. The van der Waals surface area contributed by atoms with Crippen molar-refractivity contribution >= 4 is 31.9 Å². The molecule has 1 rings (SSSR count).